The second-order valence-corrected chi connectivity index (χ2v) is 9.69. The average Bonchev–Trinajstić information content (AvgIpc) is 2.86. The number of nitrogens with zero attached hydrogens (tertiary/aromatic N) is 2. The largest absolute Gasteiger partial charge is 0.481 e. The van der Waals surface area contributed by atoms with Gasteiger partial charge < -0.3 is 14.5 Å². The number of amides is 2. The number of ether oxygens (including phenoxy) is 1. The zero-order chi connectivity index (χ0) is 23.4. The highest BCUT2D eigenvalue weighted by Gasteiger charge is 2.33. The van der Waals surface area contributed by atoms with Crippen LogP contribution in [0.5, 0.6) is 5.75 Å². The normalized spacial score (nSPS) is 19.1. The molecule has 2 amide bonds. The maximum absolute atomic E-state index is 14.1. The Hall–Kier alpha value is -2.54. The van der Waals surface area contributed by atoms with Gasteiger partial charge in [-0.2, -0.15) is 11.8 Å². The third kappa shape index (κ3) is 5.18. The van der Waals surface area contributed by atoms with Crippen molar-refractivity contribution in [1.29, 1.82) is 0 Å². The van der Waals surface area contributed by atoms with Crippen molar-refractivity contribution >= 4 is 23.6 Å². The van der Waals surface area contributed by atoms with Crippen molar-refractivity contribution < 1.29 is 18.7 Å². The fourth-order valence-electron chi connectivity index (χ4n) is 4.63. The molecule has 0 radical (unpaired) electrons. The van der Waals surface area contributed by atoms with Crippen LogP contribution in [-0.4, -0.2) is 58.9 Å². The molecule has 0 saturated carbocycles. The molecule has 2 aliphatic heterocycles. The van der Waals surface area contributed by atoms with E-state index in [4.69, 9.17) is 4.74 Å². The first-order valence-electron chi connectivity index (χ1n) is 11.7. The smallest absolute Gasteiger partial charge is 0.263 e. The molecular formula is C26H31FN2O3S. The van der Waals surface area contributed by atoms with Crippen LogP contribution in [0.25, 0.3) is 0 Å². The molecule has 7 heteroatoms. The Kier molecular flexibility index (Phi) is 7.58. The molecule has 2 aliphatic rings. The maximum Gasteiger partial charge on any atom is 0.263 e. The van der Waals surface area contributed by atoms with Gasteiger partial charge in [-0.05, 0) is 53.8 Å². The predicted octanol–water partition coefficient (Wildman–Crippen LogP) is 4.44. The van der Waals surface area contributed by atoms with E-state index in [-0.39, 0.29) is 23.7 Å². The minimum Gasteiger partial charge on any atom is -0.481 e. The van der Waals surface area contributed by atoms with Crippen molar-refractivity contribution in [3.05, 3.63) is 65.0 Å². The number of carbonyl (C=O) groups excluding carboxylic acids is 2. The van der Waals surface area contributed by atoms with E-state index in [2.05, 4.69) is 0 Å². The minimum absolute atomic E-state index is 0.0278. The van der Waals surface area contributed by atoms with Crippen molar-refractivity contribution in [3.63, 3.8) is 0 Å². The molecule has 5 nitrogen and oxygen atoms in total. The van der Waals surface area contributed by atoms with Gasteiger partial charge in [0.1, 0.15) is 11.6 Å². The number of rotatable bonds is 6. The van der Waals surface area contributed by atoms with Crippen LogP contribution in [0.2, 0.25) is 0 Å². The van der Waals surface area contributed by atoms with Gasteiger partial charge in [-0.3, -0.25) is 9.59 Å². The Morgan fingerprint density at radius 2 is 1.91 bits per heavy atom. The monoisotopic (exact) mass is 470 g/mol. The van der Waals surface area contributed by atoms with Crippen molar-refractivity contribution in [2.75, 3.05) is 31.1 Å². The highest BCUT2D eigenvalue weighted by atomic mass is 32.2. The van der Waals surface area contributed by atoms with E-state index in [9.17, 15) is 14.0 Å². The lowest BCUT2D eigenvalue weighted by Crippen LogP contribution is -2.45. The predicted molar refractivity (Wildman–Crippen MR) is 129 cm³/mol. The number of hydrogen-bond donors (Lipinski definition) is 0. The molecule has 0 bridgehead atoms. The highest BCUT2D eigenvalue weighted by molar-refractivity contribution is 7.99. The van der Waals surface area contributed by atoms with Gasteiger partial charge in [-0.1, -0.05) is 32.0 Å². The fourth-order valence-corrected chi connectivity index (χ4v) is 5.54. The molecule has 0 N–H and O–H groups in total. The first-order valence-corrected chi connectivity index (χ1v) is 12.9. The zero-order valence-electron chi connectivity index (χ0n) is 19.3. The van der Waals surface area contributed by atoms with E-state index >= 15 is 0 Å². The Bertz CT molecular complexity index is 1010. The molecular weight excluding hydrogens is 439 g/mol. The summed E-state index contributed by atoms with van der Waals surface area (Å²) in [6.07, 6.45) is 1.15. The third-order valence-electron chi connectivity index (χ3n) is 6.38. The number of fused-ring (bicyclic) bond motifs is 1. The highest BCUT2D eigenvalue weighted by Crippen LogP contribution is 2.38. The summed E-state index contributed by atoms with van der Waals surface area (Å²) in [6.45, 7) is 5.89. The van der Waals surface area contributed by atoms with Gasteiger partial charge >= 0.3 is 0 Å². The molecule has 0 unspecified atom stereocenters. The molecule has 1 saturated heterocycles. The first kappa shape index (κ1) is 23.6. The van der Waals surface area contributed by atoms with Gasteiger partial charge in [0.05, 0.1) is 6.04 Å². The number of carbonyl (C=O) groups is 2. The van der Waals surface area contributed by atoms with Crippen LogP contribution in [-0.2, 0) is 16.0 Å². The Labute approximate surface area is 199 Å². The Morgan fingerprint density at radius 1 is 1.12 bits per heavy atom. The molecule has 0 spiro atoms. The van der Waals surface area contributed by atoms with Crippen LogP contribution in [0.4, 0.5) is 4.39 Å². The average molecular weight is 471 g/mol. The van der Waals surface area contributed by atoms with Gasteiger partial charge in [0.25, 0.3) is 5.91 Å². The number of hydrogen-bond acceptors (Lipinski definition) is 4. The molecule has 4 rings (SSSR count). The van der Waals surface area contributed by atoms with Crippen LogP contribution in [0, 0.1) is 5.82 Å². The van der Waals surface area contributed by atoms with Crippen LogP contribution in [0.15, 0.2) is 42.5 Å². The van der Waals surface area contributed by atoms with Gasteiger partial charge in [0.2, 0.25) is 5.91 Å². The molecule has 2 aromatic rings. The van der Waals surface area contributed by atoms with Crippen molar-refractivity contribution in [2.24, 2.45) is 0 Å². The lowest BCUT2D eigenvalue weighted by atomic mass is 9.87. The van der Waals surface area contributed by atoms with E-state index in [1.165, 1.54) is 12.1 Å². The first-order chi connectivity index (χ1) is 16.0. The quantitative estimate of drug-likeness (QED) is 0.626. The molecule has 2 aromatic carbocycles. The Balaban J connectivity index is 1.65. The SMILES string of the molecule is CCC(=O)N1CCc2ccc(O[C@H](CC)C(=O)N3CCSCC3)cc2[C@@H]1c1cccc(F)c1. The number of thioether (sulfide) groups is 1. The summed E-state index contributed by atoms with van der Waals surface area (Å²) in [5.74, 6) is 2.25. The minimum atomic E-state index is -0.546. The molecule has 2 atom stereocenters. The van der Waals surface area contributed by atoms with Crippen LogP contribution in [0.1, 0.15) is 49.4 Å². The van der Waals surface area contributed by atoms with E-state index in [1.54, 1.807) is 6.07 Å². The molecule has 33 heavy (non-hydrogen) atoms. The van der Waals surface area contributed by atoms with Gasteiger partial charge in [0.15, 0.2) is 6.10 Å². The summed E-state index contributed by atoms with van der Waals surface area (Å²) < 4.78 is 20.3. The van der Waals surface area contributed by atoms with Gasteiger partial charge in [-0.25, -0.2) is 4.39 Å². The van der Waals surface area contributed by atoms with Crippen molar-refractivity contribution in [2.45, 2.75) is 45.3 Å². The van der Waals surface area contributed by atoms with Crippen LogP contribution < -0.4 is 4.74 Å². The second-order valence-electron chi connectivity index (χ2n) is 8.46. The van der Waals surface area contributed by atoms with E-state index < -0.39 is 6.10 Å². The summed E-state index contributed by atoms with van der Waals surface area (Å²) in [5.41, 5.74) is 2.79. The number of benzene rings is 2. The van der Waals surface area contributed by atoms with Gasteiger partial charge in [0, 0.05) is 37.6 Å². The van der Waals surface area contributed by atoms with E-state index in [0.717, 1.165) is 47.7 Å². The second kappa shape index (κ2) is 10.6. The summed E-state index contributed by atoms with van der Waals surface area (Å²) in [4.78, 5) is 29.5. The summed E-state index contributed by atoms with van der Waals surface area (Å²) >= 11 is 1.86. The summed E-state index contributed by atoms with van der Waals surface area (Å²) in [6, 6.07) is 11.9. The fraction of sp³-hybridized carbons (Fsp3) is 0.462. The third-order valence-corrected chi connectivity index (χ3v) is 7.32. The lowest BCUT2D eigenvalue weighted by molar-refractivity contribution is -0.138. The van der Waals surface area contributed by atoms with Gasteiger partial charge in [-0.15, -0.1) is 0 Å². The standard InChI is InChI=1S/C26H31FN2O3S/c1-3-23(26(31)28-12-14-33-15-13-28)32-21-9-8-18-10-11-29(24(30)4-2)25(22(18)17-21)19-6-5-7-20(27)16-19/h5-9,16-17,23,25H,3-4,10-15H2,1-2H3/t23-,25+/m1/s1. The van der Waals surface area contributed by atoms with E-state index in [0.29, 0.717) is 25.1 Å². The Morgan fingerprint density at radius 3 is 2.61 bits per heavy atom. The zero-order valence-corrected chi connectivity index (χ0v) is 20.1. The van der Waals surface area contributed by atoms with Crippen LogP contribution >= 0.6 is 11.8 Å². The topological polar surface area (TPSA) is 49.9 Å². The lowest BCUT2D eigenvalue weighted by Gasteiger charge is -2.38. The summed E-state index contributed by atoms with van der Waals surface area (Å²) in [7, 11) is 0. The van der Waals surface area contributed by atoms with E-state index in [1.807, 2.05) is 59.7 Å². The maximum atomic E-state index is 14.1. The molecule has 0 aliphatic carbocycles. The molecule has 176 valence electrons. The molecule has 1 fully saturated rings. The van der Waals surface area contributed by atoms with Crippen molar-refractivity contribution in [1.82, 2.24) is 9.80 Å². The van der Waals surface area contributed by atoms with Crippen LogP contribution in [0.3, 0.4) is 0 Å². The number of halogens is 1. The van der Waals surface area contributed by atoms with Crippen molar-refractivity contribution in [3.8, 4) is 5.75 Å². The summed E-state index contributed by atoms with van der Waals surface area (Å²) in [5, 5.41) is 0. The molecule has 0 aromatic heterocycles. The molecule has 2 heterocycles.